The monoisotopic (exact) mass is 343 g/mol. The lowest BCUT2D eigenvalue weighted by molar-refractivity contribution is 0.369. The number of nitrogens with one attached hydrogen (secondary N) is 1. The molecule has 0 bridgehead atoms. The van der Waals surface area contributed by atoms with E-state index in [9.17, 15) is 5.11 Å². The standard InChI is InChI=1S/C17H25N7O/c1-3-22-13-20-21-16(22)12-19-17(18-2)24-10-8-23(9-11-24)14-6-4-5-7-15(14)25/h4-7,13,25H,3,8-12H2,1-2H3,(H,18,19). The van der Waals surface area contributed by atoms with Crippen LogP contribution in [-0.4, -0.2) is 64.0 Å². The molecule has 0 aliphatic carbocycles. The van der Waals surface area contributed by atoms with Crippen LogP contribution in [0.25, 0.3) is 0 Å². The Morgan fingerprint density at radius 2 is 2.00 bits per heavy atom. The summed E-state index contributed by atoms with van der Waals surface area (Å²) in [5, 5.41) is 21.5. The fourth-order valence-electron chi connectivity index (χ4n) is 3.06. The number of para-hydroxylation sites is 2. The predicted molar refractivity (Wildman–Crippen MR) is 97.8 cm³/mol. The van der Waals surface area contributed by atoms with Gasteiger partial charge >= 0.3 is 0 Å². The van der Waals surface area contributed by atoms with Gasteiger partial charge in [-0.15, -0.1) is 10.2 Å². The lowest BCUT2D eigenvalue weighted by Crippen LogP contribution is -2.52. The molecule has 2 N–H and O–H groups in total. The number of phenols is 1. The van der Waals surface area contributed by atoms with Gasteiger partial charge in [-0.1, -0.05) is 12.1 Å². The molecular weight excluding hydrogens is 318 g/mol. The fourth-order valence-corrected chi connectivity index (χ4v) is 3.06. The largest absolute Gasteiger partial charge is 0.506 e. The zero-order chi connectivity index (χ0) is 17.6. The number of aromatic hydroxyl groups is 1. The maximum Gasteiger partial charge on any atom is 0.194 e. The van der Waals surface area contributed by atoms with Crippen LogP contribution in [0.1, 0.15) is 12.7 Å². The summed E-state index contributed by atoms with van der Waals surface area (Å²) in [4.78, 5) is 8.81. The van der Waals surface area contributed by atoms with Crippen molar-refractivity contribution in [3.05, 3.63) is 36.4 Å². The number of anilines is 1. The third-order valence-electron chi connectivity index (χ3n) is 4.45. The van der Waals surface area contributed by atoms with Crippen LogP contribution in [0.4, 0.5) is 5.69 Å². The van der Waals surface area contributed by atoms with E-state index in [1.807, 2.05) is 22.8 Å². The molecule has 3 rings (SSSR count). The van der Waals surface area contributed by atoms with Gasteiger partial charge in [-0.05, 0) is 19.1 Å². The van der Waals surface area contributed by atoms with Crippen molar-refractivity contribution < 1.29 is 5.11 Å². The average molecular weight is 343 g/mol. The van der Waals surface area contributed by atoms with Crippen LogP contribution >= 0.6 is 0 Å². The van der Waals surface area contributed by atoms with Gasteiger partial charge in [-0.25, -0.2) is 0 Å². The van der Waals surface area contributed by atoms with E-state index in [0.717, 1.165) is 50.2 Å². The molecule has 0 radical (unpaired) electrons. The van der Waals surface area contributed by atoms with Gasteiger partial charge < -0.3 is 24.8 Å². The summed E-state index contributed by atoms with van der Waals surface area (Å²) in [6.45, 7) is 6.87. The van der Waals surface area contributed by atoms with E-state index in [1.165, 1.54) is 0 Å². The molecule has 1 aromatic heterocycles. The third-order valence-corrected chi connectivity index (χ3v) is 4.45. The summed E-state index contributed by atoms with van der Waals surface area (Å²) in [5.74, 6) is 2.09. The molecule has 0 spiro atoms. The Morgan fingerprint density at radius 1 is 1.24 bits per heavy atom. The van der Waals surface area contributed by atoms with E-state index in [-0.39, 0.29) is 0 Å². The zero-order valence-corrected chi connectivity index (χ0v) is 14.8. The van der Waals surface area contributed by atoms with Gasteiger partial charge in [0, 0.05) is 39.8 Å². The molecule has 1 aliphatic heterocycles. The first-order valence-electron chi connectivity index (χ1n) is 8.58. The molecule has 0 atom stereocenters. The number of aryl methyl sites for hydroxylation is 1. The number of hydrogen-bond acceptors (Lipinski definition) is 5. The van der Waals surface area contributed by atoms with Crippen LogP contribution in [0.3, 0.4) is 0 Å². The van der Waals surface area contributed by atoms with Crippen LogP contribution in [0.15, 0.2) is 35.6 Å². The van der Waals surface area contributed by atoms with Gasteiger partial charge in [-0.3, -0.25) is 4.99 Å². The normalized spacial score (nSPS) is 15.5. The maximum atomic E-state index is 10.0. The highest BCUT2D eigenvalue weighted by Gasteiger charge is 2.21. The van der Waals surface area contributed by atoms with Gasteiger partial charge in [-0.2, -0.15) is 0 Å². The topological polar surface area (TPSA) is 81.8 Å². The highest BCUT2D eigenvalue weighted by molar-refractivity contribution is 5.80. The van der Waals surface area contributed by atoms with Crippen molar-refractivity contribution in [3.63, 3.8) is 0 Å². The molecular formula is C17H25N7O. The van der Waals surface area contributed by atoms with Crippen molar-refractivity contribution in [2.45, 2.75) is 20.0 Å². The second kappa shape index (κ2) is 7.87. The van der Waals surface area contributed by atoms with Crippen molar-refractivity contribution in [2.75, 3.05) is 38.1 Å². The lowest BCUT2D eigenvalue weighted by Gasteiger charge is -2.37. The van der Waals surface area contributed by atoms with Gasteiger partial charge in [0.15, 0.2) is 11.8 Å². The summed E-state index contributed by atoms with van der Waals surface area (Å²) < 4.78 is 2.01. The van der Waals surface area contributed by atoms with Crippen molar-refractivity contribution in [1.82, 2.24) is 25.0 Å². The van der Waals surface area contributed by atoms with E-state index < -0.39 is 0 Å². The van der Waals surface area contributed by atoms with E-state index in [4.69, 9.17) is 0 Å². The first kappa shape index (κ1) is 17.1. The number of hydrogen-bond donors (Lipinski definition) is 2. The number of piperazine rings is 1. The Kier molecular flexibility index (Phi) is 5.37. The highest BCUT2D eigenvalue weighted by atomic mass is 16.3. The molecule has 0 saturated carbocycles. The highest BCUT2D eigenvalue weighted by Crippen LogP contribution is 2.27. The predicted octanol–water partition coefficient (Wildman–Crippen LogP) is 0.901. The van der Waals surface area contributed by atoms with Crippen LogP contribution in [0, 0.1) is 0 Å². The second-order valence-electron chi connectivity index (χ2n) is 5.90. The number of aromatic nitrogens is 3. The molecule has 2 heterocycles. The number of nitrogens with zero attached hydrogens (tertiary/aromatic N) is 6. The molecule has 2 aromatic rings. The third kappa shape index (κ3) is 3.84. The molecule has 25 heavy (non-hydrogen) atoms. The Hall–Kier alpha value is -2.77. The Labute approximate surface area is 147 Å². The first-order chi connectivity index (χ1) is 12.2. The Balaban J connectivity index is 1.56. The van der Waals surface area contributed by atoms with Crippen molar-refractivity contribution in [2.24, 2.45) is 4.99 Å². The fraction of sp³-hybridized carbons (Fsp3) is 0.471. The lowest BCUT2D eigenvalue weighted by atomic mass is 10.2. The maximum absolute atomic E-state index is 10.0. The summed E-state index contributed by atoms with van der Waals surface area (Å²) in [5.41, 5.74) is 0.890. The Morgan fingerprint density at radius 3 is 2.68 bits per heavy atom. The van der Waals surface area contributed by atoms with Crippen molar-refractivity contribution >= 4 is 11.6 Å². The number of aliphatic imine (C=N–C) groups is 1. The van der Waals surface area contributed by atoms with Gasteiger partial charge in [0.1, 0.15) is 12.1 Å². The zero-order valence-electron chi connectivity index (χ0n) is 14.8. The first-order valence-corrected chi connectivity index (χ1v) is 8.58. The average Bonchev–Trinajstić information content (AvgIpc) is 3.11. The van der Waals surface area contributed by atoms with E-state index in [0.29, 0.717) is 12.3 Å². The summed E-state index contributed by atoms with van der Waals surface area (Å²) in [6, 6.07) is 7.48. The quantitative estimate of drug-likeness (QED) is 0.634. The van der Waals surface area contributed by atoms with Crippen LogP contribution in [-0.2, 0) is 13.1 Å². The SMILES string of the molecule is CCn1cnnc1CNC(=NC)N1CCN(c2ccccc2O)CC1. The summed E-state index contributed by atoms with van der Waals surface area (Å²) >= 11 is 0. The smallest absolute Gasteiger partial charge is 0.194 e. The molecule has 0 unspecified atom stereocenters. The minimum atomic E-state index is 0.331. The Bertz CT molecular complexity index is 719. The molecule has 8 heteroatoms. The van der Waals surface area contributed by atoms with E-state index in [2.05, 4.69) is 37.2 Å². The number of guanidine groups is 1. The number of phenolic OH excluding ortho intramolecular Hbond substituents is 1. The molecule has 1 fully saturated rings. The van der Waals surface area contributed by atoms with Crippen molar-refractivity contribution in [3.8, 4) is 5.75 Å². The molecule has 134 valence electrons. The molecule has 1 aliphatic rings. The van der Waals surface area contributed by atoms with Crippen LogP contribution in [0.2, 0.25) is 0 Å². The number of rotatable bonds is 4. The molecule has 0 amide bonds. The summed E-state index contributed by atoms with van der Waals surface area (Å²) in [6.07, 6.45) is 1.74. The molecule has 8 nitrogen and oxygen atoms in total. The summed E-state index contributed by atoms with van der Waals surface area (Å²) in [7, 11) is 1.79. The van der Waals surface area contributed by atoms with E-state index in [1.54, 1.807) is 19.4 Å². The van der Waals surface area contributed by atoms with E-state index >= 15 is 0 Å². The van der Waals surface area contributed by atoms with Crippen LogP contribution < -0.4 is 10.2 Å². The van der Waals surface area contributed by atoms with Gasteiger partial charge in [0.2, 0.25) is 0 Å². The van der Waals surface area contributed by atoms with Crippen LogP contribution in [0.5, 0.6) is 5.75 Å². The molecule has 1 aromatic carbocycles. The van der Waals surface area contributed by atoms with Gasteiger partial charge in [0.25, 0.3) is 0 Å². The van der Waals surface area contributed by atoms with Crippen molar-refractivity contribution in [1.29, 1.82) is 0 Å². The molecule has 1 saturated heterocycles. The minimum absolute atomic E-state index is 0.331. The minimum Gasteiger partial charge on any atom is -0.506 e. The number of benzene rings is 1. The van der Waals surface area contributed by atoms with Gasteiger partial charge in [0.05, 0.1) is 12.2 Å². The second-order valence-corrected chi connectivity index (χ2v) is 5.90.